The summed E-state index contributed by atoms with van der Waals surface area (Å²) >= 11 is 5.85. The molecule has 26 heavy (non-hydrogen) atoms. The molecule has 142 valence electrons. The van der Waals surface area contributed by atoms with Crippen molar-refractivity contribution in [3.05, 3.63) is 41.4 Å². The number of halogens is 1. The van der Waals surface area contributed by atoms with Gasteiger partial charge in [0.2, 0.25) is 10.0 Å². The molecule has 0 aromatic heterocycles. The maximum Gasteiger partial charge on any atom is 0.303 e. The van der Waals surface area contributed by atoms with Crippen LogP contribution < -0.4 is 4.72 Å². The van der Waals surface area contributed by atoms with Crippen LogP contribution in [0.1, 0.15) is 38.5 Å². The fourth-order valence-corrected chi connectivity index (χ4v) is 5.74. The van der Waals surface area contributed by atoms with E-state index in [-0.39, 0.29) is 23.3 Å². The molecule has 0 radical (unpaired) electrons. The van der Waals surface area contributed by atoms with Crippen molar-refractivity contribution < 1.29 is 18.3 Å². The first kappa shape index (κ1) is 19.4. The molecule has 0 heterocycles. The van der Waals surface area contributed by atoms with E-state index < -0.39 is 16.0 Å². The van der Waals surface area contributed by atoms with Crippen LogP contribution in [-0.4, -0.2) is 25.5 Å². The van der Waals surface area contributed by atoms with Crippen molar-refractivity contribution >= 4 is 27.6 Å². The Balaban J connectivity index is 1.67. The molecule has 2 bridgehead atoms. The summed E-state index contributed by atoms with van der Waals surface area (Å²) < 4.78 is 28.4. The minimum atomic E-state index is -3.58. The average Bonchev–Trinajstić information content (AvgIpc) is 3.17. The lowest BCUT2D eigenvalue weighted by Crippen LogP contribution is -2.43. The molecule has 5 nitrogen and oxygen atoms in total. The van der Waals surface area contributed by atoms with E-state index in [4.69, 9.17) is 16.7 Å². The minimum Gasteiger partial charge on any atom is -0.481 e. The van der Waals surface area contributed by atoms with Crippen molar-refractivity contribution in [1.29, 1.82) is 0 Å². The highest BCUT2D eigenvalue weighted by Crippen LogP contribution is 2.49. The van der Waals surface area contributed by atoms with Gasteiger partial charge in [-0.05, 0) is 74.1 Å². The molecule has 3 rings (SSSR count). The molecule has 2 aliphatic rings. The van der Waals surface area contributed by atoms with E-state index in [1.807, 2.05) is 6.08 Å². The number of hydrogen-bond donors (Lipinski definition) is 2. The van der Waals surface area contributed by atoms with Crippen molar-refractivity contribution in [2.75, 3.05) is 0 Å². The van der Waals surface area contributed by atoms with E-state index in [1.54, 1.807) is 12.1 Å². The maximum absolute atomic E-state index is 12.7. The topological polar surface area (TPSA) is 83.5 Å². The van der Waals surface area contributed by atoms with E-state index in [9.17, 15) is 13.2 Å². The summed E-state index contributed by atoms with van der Waals surface area (Å²) in [4.78, 5) is 10.8. The Hall–Kier alpha value is -1.37. The minimum absolute atomic E-state index is 0.0925. The summed E-state index contributed by atoms with van der Waals surface area (Å²) in [6.45, 7) is 0. The van der Waals surface area contributed by atoms with Crippen molar-refractivity contribution in [2.24, 2.45) is 17.8 Å². The molecule has 0 unspecified atom stereocenters. The van der Waals surface area contributed by atoms with E-state index >= 15 is 0 Å². The molecular weight excluding hydrogens is 374 g/mol. The number of benzene rings is 1. The molecule has 7 heteroatoms. The van der Waals surface area contributed by atoms with Gasteiger partial charge in [0.05, 0.1) is 4.90 Å². The molecular formula is C19H24ClNO4S. The van der Waals surface area contributed by atoms with Crippen LogP contribution in [0.2, 0.25) is 5.02 Å². The Morgan fingerprint density at radius 3 is 2.62 bits per heavy atom. The number of allylic oxidation sites excluding steroid dienone is 1. The first-order valence-electron chi connectivity index (χ1n) is 9.03. The van der Waals surface area contributed by atoms with Gasteiger partial charge < -0.3 is 5.11 Å². The summed E-state index contributed by atoms with van der Waals surface area (Å²) in [5, 5.41) is 9.20. The van der Waals surface area contributed by atoms with Crippen LogP contribution in [0.5, 0.6) is 0 Å². The number of rotatable bonds is 8. The predicted octanol–water partition coefficient (Wildman–Crippen LogP) is 3.84. The zero-order chi connectivity index (χ0) is 18.7. The van der Waals surface area contributed by atoms with E-state index in [0.29, 0.717) is 29.7 Å². The molecule has 1 aromatic rings. The Morgan fingerprint density at radius 1 is 1.23 bits per heavy atom. The Bertz CT molecular complexity index is 775. The van der Waals surface area contributed by atoms with Crippen LogP contribution in [0.25, 0.3) is 0 Å². The smallest absolute Gasteiger partial charge is 0.303 e. The summed E-state index contributed by atoms with van der Waals surface area (Å²) in [6, 6.07) is 6.11. The number of fused-ring (bicyclic) bond motifs is 2. The first-order chi connectivity index (χ1) is 12.4. The summed E-state index contributed by atoms with van der Waals surface area (Å²) in [5.74, 6) is 0.275. The van der Waals surface area contributed by atoms with Gasteiger partial charge in [-0.1, -0.05) is 23.8 Å². The molecule has 0 saturated heterocycles. The van der Waals surface area contributed by atoms with Gasteiger partial charge in [-0.3, -0.25) is 4.79 Å². The van der Waals surface area contributed by atoms with Gasteiger partial charge >= 0.3 is 5.97 Å². The fourth-order valence-electron chi connectivity index (χ4n) is 4.27. The standard InChI is InChI=1S/C19H24ClNO4S/c20-15-8-10-16(11-9-15)26(24,25)21-19-14-7-6-13(12-14)17(19)4-2-1-3-5-18(22)23/h2,4,8-11,13-14,17,19,21H,1,3,5-7,12H2,(H,22,23)/t13-,14+,17+,19+/m1/s1. The lowest BCUT2D eigenvalue weighted by molar-refractivity contribution is -0.137. The Labute approximate surface area is 159 Å². The highest BCUT2D eigenvalue weighted by molar-refractivity contribution is 7.89. The fraction of sp³-hybridized carbons (Fsp3) is 0.526. The third-order valence-corrected chi connectivity index (χ3v) is 7.24. The quantitative estimate of drug-likeness (QED) is 0.515. The SMILES string of the molecule is O=C(O)CCCC=C[C@H]1[C@@H]2CC[C@@H](C2)[C@@H]1NS(=O)(=O)c1ccc(Cl)cc1. The van der Waals surface area contributed by atoms with E-state index in [0.717, 1.165) is 19.3 Å². The van der Waals surface area contributed by atoms with Gasteiger partial charge in [-0.2, -0.15) is 0 Å². The van der Waals surface area contributed by atoms with Gasteiger partial charge in [0.15, 0.2) is 0 Å². The average molecular weight is 398 g/mol. The second-order valence-corrected chi connectivity index (χ2v) is 9.38. The Kier molecular flexibility index (Phi) is 6.05. The predicted molar refractivity (Wildman–Crippen MR) is 101 cm³/mol. The number of aliphatic carboxylic acids is 1. The van der Waals surface area contributed by atoms with Crippen molar-refractivity contribution in [3.8, 4) is 0 Å². The van der Waals surface area contributed by atoms with Crippen molar-refractivity contribution in [1.82, 2.24) is 4.72 Å². The van der Waals surface area contributed by atoms with Crippen LogP contribution in [0.4, 0.5) is 0 Å². The first-order valence-corrected chi connectivity index (χ1v) is 10.9. The van der Waals surface area contributed by atoms with Crippen LogP contribution in [0.3, 0.4) is 0 Å². The zero-order valence-electron chi connectivity index (χ0n) is 14.5. The zero-order valence-corrected chi connectivity index (χ0v) is 16.0. The molecule has 1 aromatic carbocycles. The van der Waals surface area contributed by atoms with E-state index in [1.165, 1.54) is 12.1 Å². The Morgan fingerprint density at radius 2 is 1.92 bits per heavy atom. The number of nitrogens with one attached hydrogen (secondary N) is 1. The second-order valence-electron chi connectivity index (χ2n) is 7.23. The molecule has 2 N–H and O–H groups in total. The van der Waals surface area contributed by atoms with Crippen LogP contribution in [0.15, 0.2) is 41.3 Å². The van der Waals surface area contributed by atoms with Crippen molar-refractivity contribution in [3.63, 3.8) is 0 Å². The van der Waals surface area contributed by atoms with Gasteiger partial charge in [0.25, 0.3) is 0 Å². The lowest BCUT2D eigenvalue weighted by atomic mass is 9.84. The summed E-state index contributed by atoms with van der Waals surface area (Å²) in [5.41, 5.74) is 0. The summed E-state index contributed by atoms with van der Waals surface area (Å²) in [6.07, 6.45) is 8.82. The molecule has 4 atom stereocenters. The molecule has 0 amide bonds. The normalized spacial score (nSPS) is 28.0. The van der Waals surface area contributed by atoms with Crippen LogP contribution in [0, 0.1) is 17.8 Å². The number of unbranched alkanes of at least 4 members (excludes halogenated alkanes) is 1. The van der Waals surface area contributed by atoms with E-state index in [2.05, 4.69) is 10.8 Å². The molecule has 2 aliphatic carbocycles. The molecule has 2 saturated carbocycles. The molecule has 0 aliphatic heterocycles. The van der Waals surface area contributed by atoms with Gasteiger partial charge in [-0.25, -0.2) is 13.1 Å². The van der Waals surface area contributed by atoms with Gasteiger partial charge in [0.1, 0.15) is 0 Å². The molecule has 2 fully saturated rings. The number of carboxylic acid groups (broad SMARTS) is 1. The number of carbonyl (C=O) groups is 1. The number of hydrogen-bond acceptors (Lipinski definition) is 3. The lowest BCUT2D eigenvalue weighted by Gasteiger charge is -2.29. The molecule has 0 spiro atoms. The number of carboxylic acids is 1. The third kappa shape index (κ3) is 4.48. The highest BCUT2D eigenvalue weighted by atomic mass is 35.5. The summed E-state index contributed by atoms with van der Waals surface area (Å²) in [7, 11) is -3.58. The second kappa shape index (κ2) is 8.11. The van der Waals surface area contributed by atoms with Crippen LogP contribution >= 0.6 is 11.6 Å². The third-order valence-electron chi connectivity index (χ3n) is 5.52. The highest BCUT2D eigenvalue weighted by Gasteiger charge is 2.47. The van der Waals surface area contributed by atoms with Crippen LogP contribution in [-0.2, 0) is 14.8 Å². The van der Waals surface area contributed by atoms with Crippen molar-refractivity contribution in [2.45, 2.75) is 49.5 Å². The van der Waals surface area contributed by atoms with Gasteiger partial charge in [0, 0.05) is 17.5 Å². The maximum atomic E-state index is 12.7. The monoisotopic (exact) mass is 397 g/mol. The van der Waals surface area contributed by atoms with Gasteiger partial charge in [-0.15, -0.1) is 0 Å². The largest absolute Gasteiger partial charge is 0.481 e. The number of sulfonamides is 1.